The van der Waals surface area contributed by atoms with Gasteiger partial charge in [-0.3, -0.25) is 4.79 Å². The molecule has 1 aromatic heterocycles. The van der Waals surface area contributed by atoms with Crippen molar-refractivity contribution in [3.8, 4) is 0 Å². The van der Waals surface area contributed by atoms with Gasteiger partial charge in [-0.1, -0.05) is 0 Å². The van der Waals surface area contributed by atoms with Crippen molar-refractivity contribution < 1.29 is 9.53 Å². The highest BCUT2D eigenvalue weighted by Gasteiger charge is 2.16. The number of ether oxygens (including phenoxy) is 1. The first kappa shape index (κ1) is 13.5. The van der Waals surface area contributed by atoms with Gasteiger partial charge in [0.1, 0.15) is 0 Å². The Balaban J connectivity index is 1.68. The summed E-state index contributed by atoms with van der Waals surface area (Å²) in [6.45, 7) is 3.95. The highest BCUT2D eigenvalue weighted by Crippen LogP contribution is 2.15. The zero-order chi connectivity index (χ0) is 12.8. The van der Waals surface area contributed by atoms with Crippen molar-refractivity contribution in [3.05, 3.63) is 22.4 Å². The number of nitrogens with one attached hydrogen (secondary N) is 2. The van der Waals surface area contributed by atoms with Crippen molar-refractivity contribution in [1.82, 2.24) is 10.6 Å². The molecule has 4 nitrogen and oxygen atoms in total. The molecule has 1 aromatic rings. The fraction of sp³-hybridized carbons (Fsp3) is 0.615. The summed E-state index contributed by atoms with van der Waals surface area (Å²) in [5, 5.41) is 10.4. The van der Waals surface area contributed by atoms with Crippen LogP contribution in [-0.2, 0) is 9.53 Å². The lowest BCUT2D eigenvalue weighted by Crippen LogP contribution is -2.43. The van der Waals surface area contributed by atoms with E-state index in [1.807, 2.05) is 0 Å². The molecule has 18 heavy (non-hydrogen) atoms. The lowest BCUT2D eigenvalue weighted by Gasteiger charge is -2.23. The summed E-state index contributed by atoms with van der Waals surface area (Å²) in [5.74, 6) is 0.0731. The first-order valence-electron chi connectivity index (χ1n) is 6.38. The van der Waals surface area contributed by atoms with Crippen LogP contribution in [0.5, 0.6) is 0 Å². The summed E-state index contributed by atoms with van der Waals surface area (Å²) in [6, 6.07) is 2.58. The minimum absolute atomic E-state index is 0.0731. The molecule has 1 fully saturated rings. The average molecular weight is 268 g/mol. The average Bonchev–Trinajstić information content (AvgIpc) is 2.91. The molecule has 0 radical (unpaired) electrons. The quantitative estimate of drug-likeness (QED) is 0.854. The number of rotatable bonds is 5. The zero-order valence-electron chi connectivity index (χ0n) is 10.6. The van der Waals surface area contributed by atoms with E-state index in [1.54, 1.807) is 11.3 Å². The Kier molecular flexibility index (Phi) is 5.16. The molecule has 2 heterocycles. The van der Waals surface area contributed by atoms with E-state index in [0.717, 1.165) is 26.1 Å². The lowest BCUT2D eigenvalue weighted by atomic mass is 10.1. The number of amides is 1. The van der Waals surface area contributed by atoms with Crippen LogP contribution in [0.15, 0.2) is 16.8 Å². The molecule has 1 unspecified atom stereocenters. The standard InChI is InChI=1S/C13H20N2O2S/c1-10(11-4-7-18-9-11)14-8-13(16)15-12-2-5-17-6-3-12/h4,7,9-10,12,14H,2-3,5-6,8H2,1H3,(H,15,16). The van der Waals surface area contributed by atoms with Crippen LogP contribution in [0.3, 0.4) is 0 Å². The minimum atomic E-state index is 0.0731. The first-order valence-corrected chi connectivity index (χ1v) is 7.32. The van der Waals surface area contributed by atoms with Crippen molar-refractivity contribution in [2.75, 3.05) is 19.8 Å². The van der Waals surface area contributed by atoms with Gasteiger partial charge < -0.3 is 15.4 Å². The number of hydrogen-bond acceptors (Lipinski definition) is 4. The van der Waals surface area contributed by atoms with E-state index in [2.05, 4.69) is 34.4 Å². The smallest absolute Gasteiger partial charge is 0.234 e. The Labute approximate surface area is 112 Å². The monoisotopic (exact) mass is 268 g/mol. The molecular weight excluding hydrogens is 248 g/mol. The van der Waals surface area contributed by atoms with E-state index in [0.29, 0.717) is 6.54 Å². The third-order valence-electron chi connectivity index (χ3n) is 3.20. The minimum Gasteiger partial charge on any atom is -0.381 e. The molecule has 2 rings (SSSR count). The number of carbonyl (C=O) groups excluding carboxylic acids is 1. The molecule has 100 valence electrons. The third-order valence-corrected chi connectivity index (χ3v) is 3.90. The van der Waals surface area contributed by atoms with Crippen LogP contribution in [0.25, 0.3) is 0 Å². The Morgan fingerprint density at radius 3 is 3.00 bits per heavy atom. The van der Waals surface area contributed by atoms with Crippen LogP contribution in [0.2, 0.25) is 0 Å². The topological polar surface area (TPSA) is 50.4 Å². The van der Waals surface area contributed by atoms with Crippen LogP contribution in [0.4, 0.5) is 0 Å². The van der Waals surface area contributed by atoms with Gasteiger partial charge in [-0.2, -0.15) is 11.3 Å². The van der Waals surface area contributed by atoms with Gasteiger partial charge in [0.2, 0.25) is 5.91 Å². The summed E-state index contributed by atoms with van der Waals surface area (Å²) >= 11 is 1.68. The maximum Gasteiger partial charge on any atom is 0.234 e. The van der Waals surface area contributed by atoms with Crippen molar-refractivity contribution in [3.63, 3.8) is 0 Å². The summed E-state index contributed by atoms with van der Waals surface area (Å²) < 4.78 is 5.26. The Morgan fingerprint density at radius 1 is 1.56 bits per heavy atom. The van der Waals surface area contributed by atoms with Gasteiger partial charge in [-0.25, -0.2) is 0 Å². The van der Waals surface area contributed by atoms with Crippen molar-refractivity contribution in [2.45, 2.75) is 31.8 Å². The van der Waals surface area contributed by atoms with Crippen molar-refractivity contribution >= 4 is 17.2 Å². The summed E-state index contributed by atoms with van der Waals surface area (Å²) in [6.07, 6.45) is 1.84. The molecule has 1 aliphatic heterocycles. The SMILES string of the molecule is CC(NCC(=O)NC1CCOCC1)c1ccsc1. The molecule has 1 amide bonds. The summed E-state index contributed by atoms with van der Waals surface area (Å²) in [4.78, 5) is 11.8. The van der Waals surface area contributed by atoms with Gasteiger partial charge in [0.25, 0.3) is 0 Å². The second-order valence-electron chi connectivity index (χ2n) is 4.61. The molecule has 0 spiro atoms. The molecule has 2 N–H and O–H groups in total. The maximum atomic E-state index is 11.8. The molecule has 1 saturated heterocycles. The zero-order valence-corrected chi connectivity index (χ0v) is 11.5. The predicted molar refractivity (Wildman–Crippen MR) is 72.7 cm³/mol. The molecule has 0 bridgehead atoms. The predicted octanol–water partition coefficient (Wildman–Crippen LogP) is 1.69. The van der Waals surface area contributed by atoms with Crippen molar-refractivity contribution in [2.24, 2.45) is 0 Å². The Bertz CT molecular complexity index is 361. The third kappa shape index (κ3) is 4.08. The largest absolute Gasteiger partial charge is 0.381 e. The highest BCUT2D eigenvalue weighted by atomic mass is 32.1. The summed E-state index contributed by atoms with van der Waals surface area (Å²) in [7, 11) is 0. The van der Waals surface area contributed by atoms with E-state index >= 15 is 0 Å². The van der Waals surface area contributed by atoms with Crippen LogP contribution < -0.4 is 10.6 Å². The second kappa shape index (κ2) is 6.87. The van der Waals surface area contributed by atoms with Crippen LogP contribution >= 0.6 is 11.3 Å². The van der Waals surface area contributed by atoms with Gasteiger partial charge in [-0.15, -0.1) is 0 Å². The molecular formula is C13H20N2O2S. The maximum absolute atomic E-state index is 11.8. The lowest BCUT2D eigenvalue weighted by molar-refractivity contribution is -0.121. The van der Waals surface area contributed by atoms with Gasteiger partial charge in [0, 0.05) is 25.3 Å². The highest BCUT2D eigenvalue weighted by molar-refractivity contribution is 7.07. The van der Waals surface area contributed by atoms with E-state index in [-0.39, 0.29) is 18.0 Å². The molecule has 1 aliphatic rings. The van der Waals surface area contributed by atoms with Crippen LogP contribution in [0, 0.1) is 0 Å². The Hall–Kier alpha value is -0.910. The molecule has 0 aromatic carbocycles. The van der Waals surface area contributed by atoms with Gasteiger partial charge in [0.05, 0.1) is 6.54 Å². The Morgan fingerprint density at radius 2 is 2.33 bits per heavy atom. The van der Waals surface area contributed by atoms with Gasteiger partial charge in [-0.05, 0) is 42.2 Å². The van der Waals surface area contributed by atoms with Crippen LogP contribution in [0.1, 0.15) is 31.4 Å². The van der Waals surface area contributed by atoms with E-state index in [4.69, 9.17) is 4.74 Å². The van der Waals surface area contributed by atoms with Crippen molar-refractivity contribution in [1.29, 1.82) is 0 Å². The van der Waals surface area contributed by atoms with E-state index < -0.39 is 0 Å². The van der Waals surface area contributed by atoms with Crippen LogP contribution in [-0.4, -0.2) is 31.7 Å². The van der Waals surface area contributed by atoms with E-state index in [1.165, 1.54) is 5.56 Å². The van der Waals surface area contributed by atoms with Gasteiger partial charge >= 0.3 is 0 Å². The first-order chi connectivity index (χ1) is 8.75. The molecule has 5 heteroatoms. The second-order valence-corrected chi connectivity index (χ2v) is 5.39. The molecule has 0 aliphatic carbocycles. The van der Waals surface area contributed by atoms with Gasteiger partial charge in [0.15, 0.2) is 0 Å². The number of hydrogen-bond donors (Lipinski definition) is 2. The summed E-state index contributed by atoms with van der Waals surface area (Å²) in [5.41, 5.74) is 1.24. The number of carbonyl (C=O) groups is 1. The molecule has 1 atom stereocenters. The van der Waals surface area contributed by atoms with E-state index in [9.17, 15) is 4.79 Å². The molecule has 0 saturated carbocycles. The normalized spacial score (nSPS) is 18.5. The number of thiophene rings is 1. The fourth-order valence-corrected chi connectivity index (χ4v) is 2.76. The fourth-order valence-electron chi connectivity index (χ4n) is 2.01.